The van der Waals surface area contributed by atoms with Gasteiger partial charge in [0.1, 0.15) is 5.82 Å². The fourth-order valence-electron chi connectivity index (χ4n) is 2.35. The highest BCUT2D eigenvalue weighted by Gasteiger charge is 2.26. The first kappa shape index (κ1) is 15.9. The average Bonchev–Trinajstić information content (AvgIpc) is 2.41. The van der Waals surface area contributed by atoms with E-state index < -0.39 is 27.2 Å². The Hall–Kier alpha value is -1.47. The van der Waals surface area contributed by atoms with Crippen LogP contribution in [0.3, 0.4) is 0 Å². The van der Waals surface area contributed by atoms with Crippen LogP contribution in [0.4, 0.5) is 4.39 Å². The lowest BCUT2D eigenvalue weighted by molar-refractivity contribution is 0.0305. The molecule has 0 aliphatic carbocycles. The minimum Gasteiger partial charge on any atom is -0.478 e. The van der Waals surface area contributed by atoms with Crippen molar-refractivity contribution in [3.8, 4) is 0 Å². The zero-order valence-corrected chi connectivity index (χ0v) is 12.5. The van der Waals surface area contributed by atoms with Gasteiger partial charge in [-0.3, -0.25) is 0 Å². The van der Waals surface area contributed by atoms with Gasteiger partial charge in [0.15, 0.2) is 9.84 Å². The third kappa shape index (κ3) is 3.59. The van der Waals surface area contributed by atoms with Crippen LogP contribution in [0.1, 0.15) is 35.2 Å². The number of carbonyl (C=O) groups is 1. The van der Waals surface area contributed by atoms with Crippen molar-refractivity contribution < 1.29 is 27.4 Å². The minimum atomic E-state index is -3.71. The van der Waals surface area contributed by atoms with Crippen LogP contribution < -0.4 is 0 Å². The van der Waals surface area contributed by atoms with Crippen molar-refractivity contribution in [3.63, 3.8) is 0 Å². The molecule has 2 rings (SSSR count). The first-order valence-corrected chi connectivity index (χ1v) is 8.34. The number of carboxylic acids is 1. The highest BCUT2D eigenvalue weighted by atomic mass is 32.2. The van der Waals surface area contributed by atoms with Gasteiger partial charge < -0.3 is 9.84 Å². The molecule has 1 fully saturated rings. The van der Waals surface area contributed by atoms with Gasteiger partial charge in [-0.1, -0.05) is 0 Å². The summed E-state index contributed by atoms with van der Waals surface area (Å²) in [5, 5.41) is 8.94. The van der Waals surface area contributed by atoms with E-state index in [0.717, 1.165) is 18.9 Å². The van der Waals surface area contributed by atoms with Gasteiger partial charge in [-0.25, -0.2) is 17.6 Å². The van der Waals surface area contributed by atoms with Crippen molar-refractivity contribution in [1.29, 1.82) is 0 Å². The third-order valence-corrected chi connectivity index (χ3v) is 5.26. The lowest BCUT2D eigenvalue weighted by Crippen LogP contribution is -2.28. The number of hydrogen-bond donors (Lipinski definition) is 1. The van der Waals surface area contributed by atoms with E-state index >= 15 is 0 Å². The molecule has 0 saturated carbocycles. The molecule has 1 atom stereocenters. The van der Waals surface area contributed by atoms with E-state index in [0.29, 0.717) is 13.0 Å². The van der Waals surface area contributed by atoms with Crippen molar-refractivity contribution in [1.82, 2.24) is 0 Å². The number of aryl methyl sites for hydroxylation is 1. The Kier molecular flexibility index (Phi) is 4.63. The normalized spacial score (nSPS) is 19.4. The summed E-state index contributed by atoms with van der Waals surface area (Å²) in [4.78, 5) is 10.8. The highest BCUT2D eigenvalue weighted by molar-refractivity contribution is 7.91. The lowest BCUT2D eigenvalue weighted by atomic mass is 10.1. The number of carboxylic acid groups (broad SMARTS) is 1. The molecule has 7 heteroatoms. The Balaban J connectivity index is 2.33. The van der Waals surface area contributed by atoms with Gasteiger partial charge in [0, 0.05) is 6.61 Å². The molecule has 5 nitrogen and oxygen atoms in total. The fraction of sp³-hybridized carbons (Fsp3) is 0.500. The van der Waals surface area contributed by atoms with Crippen LogP contribution in [0.5, 0.6) is 0 Å². The Labute approximate surface area is 122 Å². The Bertz CT molecular complexity index is 648. The van der Waals surface area contributed by atoms with Crippen molar-refractivity contribution in [2.24, 2.45) is 0 Å². The molecule has 116 valence electrons. The van der Waals surface area contributed by atoms with Crippen molar-refractivity contribution in [2.45, 2.75) is 37.2 Å². The molecule has 1 unspecified atom stereocenters. The number of ether oxygens (including phenoxy) is 1. The maximum atomic E-state index is 13.7. The van der Waals surface area contributed by atoms with Crippen LogP contribution in [0.25, 0.3) is 0 Å². The molecular formula is C14H17FO5S. The van der Waals surface area contributed by atoms with Crippen LogP contribution in [0, 0.1) is 12.7 Å². The Morgan fingerprint density at radius 2 is 2.14 bits per heavy atom. The number of benzene rings is 1. The molecule has 1 aliphatic heterocycles. The van der Waals surface area contributed by atoms with E-state index in [2.05, 4.69) is 0 Å². The summed E-state index contributed by atoms with van der Waals surface area (Å²) in [6.45, 7) is 1.88. The maximum Gasteiger partial charge on any atom is 0.338 e. The Morgan fingerprint density at radius 1 is 1.43 bits per heavy atom. The second-order valence-electron chi connectivity index (χ2n) is 5.18. The molecule has 1 heterocycles. The molecule has 1 aliphatic rings. The van der Waals surface area contributed by atoms with E-state index in [1.807, 2.05) is 0 Å². The first-order chi connectivity index (χ1) is 9.81. The predicted molar refractivity (Wildman–Crippen MR) is 73.7 cm³/mol. The molecule has 1 N–H and O–H groups in total. The van der Waals surface area contributed by atoms with Crippen molar-refractivity contribution in [2.75, 3.05) is 12.4 Å². The standard InChI is InChI=1S/C14H17FO5S/c1-9-6-11(7-12(13(9)15)14(16)17)21(18,19)8-10-4-2-3-5-20-10/h6-7,10H,2-5,8H2,1H3,(H,16,17). The minimum absolute atomic E-state index is 0.00182. The van der Waals surface area contributed by atoms with Crippen molar-refractivity contribution >= 4 is 15.8 Å². The van der Waals surface area contributed by atoms with Crippen LogP contribution in [-0.4, -0.2) is 38.0 Å². The second kappa shape index (κ2) is 6.11. The monoisotopic (exact) mass is 316 g/mol. The molecule has 0 spiro atoms. The first-order valence-electron chi connectivity index (χ1n) is 6.69. The predicted octanol–water partition coefficient (Wildman–Crippen LogP) is 2.18. The number of rotatable bonds is 4. The van der Waals surface area contributed by atoms with E-state index in [4.69, 9.17) is 9.84 Å². The summed E-state index contributed by atoms with van der Waals surface area (Å²) >= 11 is 0. The molecule has 1 saturated heterocycles. The summed E-state index contributed by atoms with van der Waals surface area (Å²) in [5.41, 5.74) is -0.629. The van der Waals surface area contributed by atoms with Gasteiger partial charge in [0.2, 0.25) is 0 Å². The highest BCUT2D eigenvalue weighted by Crippen LogP contribution is 2.23. The van der Waals surface area contributed by atoms with Gasteiger partial charge in [0.25, 0.3) is 0 Å². The van der Waals surface area contributed by atoms with Crippen LogP contribution in [-0.2, 0) is 14.6 Å². The van der Waals surface area contributed by atoms with E-state index in [1.165, 1.54) is 13.0 Å². The van der Waals surface area contributed by atoms with Gasteiger partial charge in [0.05, 0.1) is 22.3 Å². The average molecular weight is 316 g/mol. The summed E-state index contributed by atoms with van der Waals surface area (Å²) in [7, 11) is -3.71. The fourth-order valence-corrected chi connectivity index (χ4v) is 3.95. The van der Waals surface area contributed by atoms with Crippen LogP contribution in [0.2, 0.25) is 0 Å². The summed E-state index contributed by atoms with van der Waals surface area (Å²) in [6.07, 6.45) is 2.09. The van der Waals surface area contributed by atoms with Crippen LogP contribution in [0.15, 0.2) is 17.0 Å². The molecule has 1 aromatic carbocycles. The molecule has 0 aromatic heterocycles. The van der Waals surface area contributed by atoms with Gasteiger partial charge >= 0.3 is 5.97 Å². The molecular weight excluding hydrogens is 299 g/mol. The molecule has 21 heavy (non-hydrogen) atoms. The number of halogens is 1. The smallest absolute Gasteiger partial charge is 0.338 e. The molecule has 0 bridgehead atoms. The van der Waals surface area contributed by atoms with Gasteiger partial charge in [-0.15, -0.1) is 0 Å². The largest absolute Gasteiger partial charge is 0.478 e. The van der Waals surface area contributed by atoms with Crippen molar-refractivity contribution in [3.05, 3.63) is 29.1 Å². The quantitative estimate of drug-likeness (QED) is 0.861. The number of aromatic carboxylic acids is 1. The zero-order chi connectivity index (χ0) is 15.6. The molecule has 0 amide bonds. The van der Waals surface area contributed by atoms with Crippen LogP contribution >= 0.6 is 0 Å². The van der Waals surface area contributed by atoms with Gasteiger partial charge in [-0.2, -0.15) is 0 Å². The maximum absolute atomic E-state index is 13.7. The number of hydrogen-bond acceptors (Lipinski definition) is 4. The molecule has 1 aromatic rings. The summed E-state index contributed by atoms with van der Waals surface area (Å²) in [6, 6.07) is 2.04. The molecule has 0 radical (unpaired) electrons. The summed E-state index contributed by atoms with van der Waals surface area (Å²) < 4.78 is 43.8. The lowest BCUT2D eigenvalue weighted by Gasteiger charge is -2.22. The third-order valence-electron chi connectivity index (χ3n) is 3.50. The van der Waals surface area contributed by atoms with E-state index in [9.17, 15) is 17.6 Å². The van der Waals surface area contributed by atoms with E-state index in [-0.39, 0.29) is 22.3 Å². The van der Waals surface area contributed by atoms with Gasteiger partial charge in [-0.05, 0) is 43.9 Å². The number of sulfone groups is 1. The summed E-state index contributed by atoms with van der Waals surface area (Å²) in [5.74, 6) is -2.60. The van der Waals surface area contributed by atoms with E-state index in [1.54, 1.807) is 0 Å². The Morgan fingerprint density at radius 3 is 2.71 bits per heavy atom. The second-order valence-corrected chi connectivity index (χ2v) is 7.21. The zero-order valence-electron chi connectivity index (χ0n) is 11.6. The topological polar surface area (TPSA) is 80.7 Å². The SMILES string of the molecule is Cc1cc(S(=O)(=O)CC2CCCCO2)cc(C(=O)O)c1F.